The van der Waals surface area contributed by atoms with Gasteiger partial charge in [-0.15, -0.1) is 0 Å². The number of aryl methyl sites for hydroxylation is 1. The average Bonchev–Trinajstić information content (AvgIpc) is 2.37. The van der Waals surface area contributed by atoms with Crippen LogP contribution in [-0.4, -0.2) is 18.0 Å². The molecule has 1 aromatic rings. The van der Waals surface area contributed by atoms with Gasteiger partial charge < -0.3 is 4.90 Å². The molecule has 0 radical (unpaired) electrons. The number of piperidine rings is 1. The molecule has 0 bridgehead atoms. The number of hydrogen-bond donors (Lipinski definition) is 0. The van der Waals surface area contributed by atoms with Gasteiger partial charge in [0, 0.05) is 18.8 Å². The minimum Gasteiger partial charge on any atom is -0.375 e. The van der Waals surface area contributed by atoms with Crippen LogP contribution in [0, 0.1) is 6.92 Å². The van der Waals surface area contributed by atoms with Gasteiger partial charge in [0.1, 0.15) is 0 Å². The number of nitrogens with zero attached hydrogens (tertiary/aromatic N) is 1. The van der Waals surface area contributed by atoms with Crippen molar-refractivity contribution >= 4 is 6.08 Å². The van der Waals surface area contributed by atoms with Crippen molar-refractivity contribution in [3.8, 4) is 0 Å². The normalized spacial score (nSPS) is 17.3. The molecule has 0 unspecified atom stereocenters. The molecule has 1 nitrogen and oxygen atoms in total. The molecule has 0 aromatic heterocycles. The fourth-order valence-corrected chi connectivity index (χ4v) is 2.55. The van der Waals surface area contributed by atoms with E-state index < -0.39 is 0 Å². The van der Waals surface area contributed by atoms with E-state index in [1.807, 2.05) is 0 Å². The van der Waals surface area contributed by atoms with Gasteiger partial charge in [-0.05, 0) is 44.2 Å². The Bertz CT molecular complexity index is 386. The third-order valence-corrected chi connectivity index (χ3v) is 3.50. The van der Waals surface area contributed by atoms with E-state index in [0.29, 0.717) is 0 Å². The van der Waals surface area contributed by atoms with Gasteiger partial charge in [-0.3, -0.25) is 0 Å². The first-order chi connectivity index (χ1) is 8.29. The summed E-state index contributed by atoms with van der Waals surface area (Å²) in [6, 6.07) is 8.76. The summed E-state index contributed by atoms with van der Waals surface area (Å²) in [5.74, 6) is 0. The Morgan fingerprint density at radius 3 is 2.65 bits per heavy atom. The molecule has 1 fully saturated rings. The van der Waals surface area contributed by atoms with Gasteiger partial charge in [-0.1, -0.05) is 36.8 Å². The van der Waals surface area contributed by atoms with Crippen LogP contribution < -0.4 is 0 Å². The van der Waals surface area contributed by atoms with Gasteiger partial charge in [-0.2, -0.15) is 0 Å². The molecule has 1 heterocycles. The lowest BCUT2D eigenvalue weighted by Gasteiger charge is -2.30. The number of rotatable bonds is 3. The van der Waals surface area contributed by atoms with Crippen LogP contribution >= 0.6 is 0 Å². The molecule has 0 atom stereocenters. The van der Waals surface area contributed by atoms with Crippen molar-refractivity contribution in [2.24, 2.45) is 0 Å². The standard InChI is InChI=1S/C16H23N/c1-3-16(17-10-5-4-6-11-17)13-15-9-7-8-14(2)12-15/h7-9,12-13H,3-6,10-11H2,1-2H3/b16-13+. The van der Waals surface area contributed by atoms with Crippen LogP contribution in [0.3, 0.4) is 0 Å². The van der Waals surface area contributed by atoms with Crippen LogP contribution in [0.5, 0.6) is 0 Å². The first kappa shape index (κ1) is 12.2. The molecule has 92 valence electrons. The zero-order chi connectivity index (χ0) is 12.1. The van der Waals surface area contributed by atoms with Gasteiger partial charge in [0.05, 0.1) is 0 Å². The van der Waals surface area contributed by atoms with Crippen molar-refractivity contribution in [2.75, 3.05) is 13.1 Å². The molecule has 0 aliphatic carbocycles. The first-order valence-electron chi connectivity index (χ1n) is 6.82. The molecule has 1 saturated heterocycles. The fourth-order valence-electron chi connectivity index (χ4n) is 2.55. The van der Waals surface area contributed by atoms with E-state index in [2.05, 4.69) is 49.1 Å². The summed E-state index contributed by atoms with van der Waals surface area (Å²) < 4.78 is 0. The average molecular weight is 229 g/mol. The summed E-state index contributed by atoms with van der Waals surface area (Å²) in [6.45, 7) is 6.90. The van der Waals surface area contributed by atoms with Gasteiger partial charge in [0.15, 0.2) is 0 Å². The first-order valence-corrected chi connectivity index (χ1v) is 6.82. The lowest BCUT2D eigenvalue weighted by atomic mass is 10.1. The van der Waals surface area contributed by atoms with E-state index in [9.17, 15) is 0 Å². The monoisotopic (exact) mass is 229 g/mol. The van der Waals surface area contributed by atoms with E-state index in [1.165, 1.54) is 49.2 Å². The van der Waals surface area contributed by atoms with Crippen LogP contribution in [0.1, 0.15) is 43.7 Å². The second-order valence-electron chi connectivity index (χ2n) is 4.95. The molecule has 0 spiro atoms. The van der Waals surface area contributed by atoms with Crippen LogP contribution in [0.15, 0.2) is 30.0 Å². The topological polar surface area (TPSA) is 3.24 Å². The number of likely N-dealkylation sites (tertiary alicyclic amines) is 1. The smallest absolute Gasteiger partial charge is 0.0175 e. The van der Waals surface area contributed by atoms with E-state index >= 15 is 0 Å². The minimum atomic E-state index is 1.13. The summed E-state index contributed by atoms with van der Waals surface area (Å²) in [5.41, 5.74) is 4.18. The highest BCUT2D eigenvalue weighted by Gasteiger charge is 2.11. The van der Waals surface area contributed by atoms with E-state index in [-0.39, 0.29) is 0 Å². The van der Waals surface area contributed by atoms with Crippen LogP contribution in [0.4, 0.5) is 0 Å². The quantitative estimate of drug-likeness (QED) is 0.749. The third-order valence-electron chi connectivity index (χ3n) is 3.50. The van der Waals surface area contributed by atoms with E-state index in [4.69, 9.17) is 0 Å². The zero-order valence-electron chi connectivity index (χ0n) is 11.1. The van der Waals surface area contributed by atoms with Crippen molar-refractivity contribution < 1.29 is 0 Å². The van der Waals surface area contributed by atoms with Gasteiger partial charge in [-0.25, -0.2) is 0 Å². The summed E-state index contributed by atoms with van der Waals surface area (Å²) in [5, 5.41) is 0. The van der Waals surface area contributed by atoms with Crippen LogP contribution in [-0.2, 0) is 0 Å². The Morgan fingerprint density at radius 2 is 2.00 bits per heavy atom. The molecule has 2 rings (SSSR count). The number of hydrogen-bond acceptors (Lipinski definition) is 1. The van der Waals surface area contributed by atoms with Gasteiger partial charge in [0.2, 0.25) is 0 Å². The van der Waals surface area contributed by atoms with Crippen molar-refractivity contribution in [3.63, 3.8) is 0 Å². The number of benzene rings is 1. The molecule has 0 saturated carbocycles. The Morgan fingerprint density at radius 1 is 1.24 bits per heavy atom. The lowest BCUT2D eigenvalue weighted by molar-refractivity contribution is 0.281. The molecule has 1 heteroatoms. The van der Waals surface area contributed by atoms with Crippen LogP contribution in [0.2, 0.25) is 0 Å². The summed E-state index contributed by atoms with van der Waals surface area (Å²) in [6.07, 6.45) is 7.60. The van der Waals surface area contributed by atoms with E-state index in [1.54, 1.807) is 0 Å². The maximum Gasteiger partial charge on any atom is 0.0175 e. The molecule has 17 heavy (non-hydrogen) atoms. The Hall–Kier alpha value is -1.24. The third kappa shape index (κ3) is 3.36. The van der Waals surface area contributed by atoms with Crippen molar-refractivity contribution in [3.05, 3.63) is 41.1 Å². The Kier molecular flexibility index (Phi) is 4.24. The highest BCUT2D eigenvalue weighted by Crippen LogP contribution is 2.20. The highest BCUT2D eigenvalue weighted by atomic mass is 15.1. The summed E-state index contributed by atoms with van der Waals surface area (Å²) in [4.78, 5) is 2.56. The molecule has 1 aliphatic rings. The Balaban J connectivity index is 2.16. The predicted octanol–water partition coefficient (Wildman–Crippen LogP) is 4.23. The summed E-state index contributed by atoms with van der Waals surface area (Å²) >= 11 is 0. The number of allylic oxidation sites excluding steroid dienone is 1. The zero-order valence-corrected chi connectivity index (χ0v) is 11.1. The van der Waals surface area contributed by atoms with E-state index in [0.717, 1.165) is 6.42 Å². The van der Waals surface area contributed by atoms with Gasteiger partial charge in [0.25, 0.3) is 0 Å². The van der Waals surface area contributed by atoms with Crippen LogP contribution in [0.25, 0.3) is 6.08 Å². The minimum absolute atomic E-state index is 1.13. The lowest BCUT2D eigenvalue weighted by Crippen LogP contribution is -2.28. The van der Waals surface area contributed by atoms with Crippen molar-refractivity contribution in [2.45, 2.75) is 39.5 Å². The second kappa shape index (κ2) is 5.90. The molecule has 1 aromatic carbocycles. The largest absolute Gasteiger partial charge is 0.375 e. The maximum atomic E-state index is 2.56. The molecule has 0 amide bonds. The SMILES string of the molecule is CC/C(=C\c1cccc(C)c1)N1CCCCC1. The second-order valence-corrected chi connectivity index (χ2v) is 4.95. The maximum absolute atomic E-state index is 2.56. The molecule has 1 aliphatic heterocycles. The van der Waals surface area contributed by atoms with Gasteiger partial charge >= 0.3 is 0 Å². The van der Waals surface area contributed by atoms with Crippen molar-refractivity contribution in [1.82, 2.24) is 4.90 Å². The molecule has 0 N–H and O–H groups in total. The summed E-state index contributed by atoms with van der Waals surface area (Å²) in [7, 11) is 0. The predicted molar refractivity (Wildman–Crippen MR) is 74.9 cm³/mol. The molecular formula is C16H23N. The molecular weight excluding hydrogens is 206 g/mol. The van der Waals surface area contributed by atoms with Crippen molar-refractivity contribution in [1.29, 1.82) is 0 Å². The Labute approximate surface area is 105 Å². The highest BCUT2D eigenvalue weighted by molar-refractivity contribution is 5.53. The fraction of sp³-hybridized carbons (Fsp3) is 0.500.